The number of ether oxygens (including phenoxy) is 1. The van der Waals surface area contributed by atoms with Crippen molar-refractivity contribution in [3.8, 4) is 5.75 Å². The molecule has 0 bridgehead atoms. The van der Waals surface area contributed by atoms with Crippen LogP contribution in [0.25, 0.3) is 0 Å². The number of carboxylic acids is 1. The minimum atomic E-state index is -0.834. The Morgan fingerprint density at radius 2 is 1.96 bits per heavy atom. The van der Waals surface area contributed by atoms with Gasteiger partial charge in [0.1, 0.15) is 5.75 Å². The Kier molecular flexibility index (Phi) is 4.69. The topological polar surface area (TPSA) is 78.9 Å². The van der Waals surface area contributed by atoms with Crippen molar-refractivity contribution in [1.82, 2.24) is 4.90 Å². The van der Waals surface area contributed by atoms with Crippen molar-refractivity contribution in [3.63, 3.8) is 0 Å². The minimum Gasteiger partial charge on any atom is -0.493 e. The number of carbonyl (C=O) groups is 2. The molecule has 2 N–H and O–H groups in total. The average molecular weight is 318 g/mol. The first-order chi connectivity index (χ1) is 11.1. The lowest BCUT2D eigenvalue weighted by atomic mass is 9.99. The zero-order chi connectivity index (χ0) is 16.2. The number of likely N-dealkylation sites (tertiary alicyclic amines) is 1. The van der Waals surface area contributed by atoms with Crippen molar-refractivity contribution in [1.29, 1.82) is 0 Å². The maximum absolute atomic E-state index is 12.2. The van der Waals surface area contributed by atoms with Crippen molar-refractivity contribution in [2.45, 2.75) is 25.7 Å². The van der Waals surface area contributed by atoms with Gasteiger partial charge in [-0.25, -0.2) is 4.79 Å². The minimum absolute atomic E-state index is 0.248. The summed E-state index contributed by atoms with van der Waals surface area (Å²) in [6, 6.07) is 7.04. The Balaban J connectivity index is 1.51. The molecule has 3 rings (SSSR count). The molecule has 1 aromatic carbocycles. The van der Waals surface area contributed by atoms with Gasteiger partial charge in [-0.15, -0.1) is 0 Å². The summed E-state index contributed by atoms with van der Waals surface area (Å²) in [6.45, 7) is 1.62. The molecule has 1 heterocycles. The van der Waals surface area contributed by atoms with E-state index in [9.17, 15) is 9.59 Å². The summed E-state index contributed by atoms with van der Waals surface area (Å²) >= 11 is 0. The summed E-state index contributed by atoms with van der Waals surface area (Å²) < 4.78 is 5.66. The smallest absolute Gasteiger partial charge is 0.321 e. The average Bonchev–Trinajstić information content (AvgIpc) is 3.38. The van der Waals surface area contributed by atoms with E-state index in [1.807, 2.05) is 12.1 Å². The standard InChI is InChI=1S/C17H22N2O4/c20-16(21)13-2-1-9-19(10-13)17(22)18-14-5-7-15(8-6-14)23-11-12-3-4-12/h5-8,12-13H,1-4,9-11H2,(H,18,22)(H,20,21). The molecule has 0 spiro atoms. The Morgan fingerprint density at radius 1 is 1.22 bits per heavy atom. The lowest BCUT2D eigenvalue weighted by Crippen LogP contribution is -2.44. The van der Waals surface area contributed by atoms with Gasteiger partial charge in [0.25, 0.3) is 0 Å². The zero-order valence-electron chi connectivity index (χ0n) is 13.0. The second-order valence-electron chi connectivity index (χ2n) is 6.33. The van der Waals surface area contributed by atoms with Crippen LogP contribution >= 0.6 is 0 Å². The molecule has 2 fully saturated rings. The van der Waals surface area contributed by atoms with Crippen LogP contribution in [0.4, 0.5) is 10.5 Å². The largest absolute Gasteiger partial charge is 0.493 e. The maximum Gasteiger partial charge on any atom is 0.321 e. The van der Waals surface area contributed by atoms with Gasteiger partial charge in [0, 0.05) is 18.8 Å². The Morgan fingerprint density at radius 3 is 2.61 bits per heavy atom. The van der Waals surface area contributed by atoms with Gasteiger partial charge in [-0.2, -0.15) is 0 Å². The third-order valence-electron chi connectivity index (χ3n) is 4.35. The number of piperidine rings is 1. The molecule has 1 aromatic rings. The number of carboxylic acid groups (broad SMARTS) is 1. The van der Waals surface area contributed by atoms with Crippen LogP contribution in [0.1, 0.15) is 25.7 Å². The van der Waals surface area contributed by atoms with E-state index in [1.54, 1.807) is 17.0 Å². The summed E-state index contributed by atoms with van der Waals surface area (Å²) in [5.41, 5.74) is 0.686. The zero-order valence-corrected chi connectivity index (χ0v) is 13.0. The van der Waals surface area contributed by atoms with Gasteiger partial charge in [-0.05, 0) is 55.9 Å². The van der Waals surface area contributed by atoms with E-state index < -0.39 is 11.9 Å². The molecule has 2 amide bonds. The molecule has 0 radical (unpaired) electrons. The highest BCUT2D eigenvalue weighted by Gasteiger charge is 2.28. The maximum atomic E-state index is 12.2. The van der Waals surface area contributed by atoms with Crippen LogP contribution in [0.3, 0.4) is 0 Å². The number of aliphatic carboxylic acids is 1. The second kappa shape index (κ2) is 6.89. The van der Waals surface area contributed by atoms with Crippen LogP contribution in [-0.2, 0) is 4.79 Å². The molecule has 23 heavy (non-hydrogen) atoms. The lowest BCUT2D eigenvalue weighted by Gasteiger charge is -2.30. The number of nitrogens with one attached hydrogen (secondary N) is 1. The van der Waals surface area contributed by atoms with Crippen LogP contribution in [0.2, 0.25) is 0 Å². The molecule has 0 aromatic heterocycles. The molecular formula is C17H22N2O4. The molecule has 124 valence electrons. The molecule has 1 aliphatic heterocycles. The second-order valence-corrected chi connectivity index (χ2v) is 6.33. The number of urea groups is 1. The van der Waals surface area contributed by atoms with Gasteiger partial charge in [-0.3, -0.25) is 4.79 Å². The number of amides is 2. The fourth-order valence-corrected chi connectivity index (χ4v) is 2.70. The number of hydrogen-bond acceptors (Lipinski definition) is 3. The number of nitrogens with zero attached hydrogens (tertiary/aromatic N) is 1. The van der Waals surface area contributed by atoms with Crippen LogP contribution in [0.5, 0.6) is 5.75 Å². The summed E-state index contributed by atoms with van der Waals surface area (Å²) in [6.07, 6.45) is 3.85. The molecule has 1 unspecified atom stereocenters. The fraction of sp³-hybridized carbons (Fsp3) is 0.529. The highest BCUT2D eigenvalue weighted by molar-refractivity contribution is 5.89. The van der Waals surface area contributed by atoms with E-state index in [2.05, 4.69) is 5.32 Å². The van der Waals surface area contributed by atoms with Crippen LogP contribution < -0.4 is 10.1 Å². The van der Waals surface area contributed by atoms with E-state index in [0.29, 0.717) is 24.6 Å². The molecule has 1 saturated carbocycles. The van der Waals surface area contributed by atoms with Gasteiger partial charge in [0.05, 0.1) is 12.5 Å². The molecule has 6 heteroatoms. The number of anilines is 1. The van der Waals surface area contributed by atoms with E-state index >= 15 is 0 Å². The van der Waals surface area contributed by atoms with E-state index in [1.165, 1.54) is 12.8 Å². The van der Waals surface area contributed by atoms with Crippen molar-refractivity contribution in [3.05, 3.63) is 24.3 Å². The van der Waals surface area contributed by atoms with Gasteiger partial charge < -0.3 is 20.1 Å². The van der Waals surface area contributed by atoms with Crippen LogP contribution in [0, 0.1) is 11.8 Å². The third kappa shape index (κ3) is 4.37. The summed E-state index contributed by atoms with van der Waals surface area (Å²) in [5, 5.41) is 11.9. The Labute approximate surface area is 135 Å². The molecule has 1 aliphatic carbocycles. The summed E-state index contributed by atoms with van der Waals surface area (Å²) in [7, 11) is 0. The van der Waals surface area contributed by atoms with Crippen molar-refractivity contribution in [2.75, 3.05) is 25.0 Å². The molecule has 1 atom stereocenters. The van der Waals surface area contributed by atoms with Gasteiger partial charge in [0.15, 0.2) is 0 Å². The molecular weight excluding hydrogens is 296 g/mol. The predicted octanol–water partition coefficient (Wildman–Crippen LogP) is 2.80. The highest BCUT2D eigenvalue weighted by atomic mass is 16.5. The van der Waals surface area contributed by atoms with Crippen LogP contribution in [0.15, 0.2) is 24.3 Å². The fourth-order valence-electron chi connectivity index (χ4n) is 2.70. The van der Waals surface area contributed by atoms with Crippen molar-refractivity contribution < 1.29 is 19.4 Å². The number of hydrogen-bond donors (Lipinski definition) is 2. The third-order valence-corrected chi connectivity index (χ3v) is 4.35. The monoisotopic (exact) mass is 318 g/mol. The first-order valence-electron chi connectivity index (χ1n) is 8.13. The SMILES string of the molecule is O=C(O)C1CCCN(C(=O)Nc2ccc(OCC3CC3)cc2)C1. The number of rotatable bonds is 5. The van der Waals surface area contributed by atoms with Crippen molar-refractivity contribution in [2.24, 2.45) is 11.8 Å². The first-order valence-corrected chi connectivity index (χ1v) is 8.13. The quantitative estimate of drug-likeness (QED) is 0.875. The van der Waals surface area contributed by atoms with Gasteiger partial charge >= 0.3 is 12.0 Å². The van der Waals surface area contributed by atoms with Crippen molar-refractivity contribution >= 4 is 17.7 Å². The van der Waals surface area contributed by atoms with Gasteiger partial charge in [0.2, 0.25) is 0 Å². The highest BCUT2D eigenvalue weighted by Crippen LogP contribution is 2.29. The molecule has 6 nitrogen and oxygen atoms in total. The normalized spacial score (nSPS) is 20.9. The number of carbonyl (C=O) groups excluding carboxylic acids is 1. The van der Waals surface area contributed by atoms with E-state index in [0.717, 1.165) is 18.8 Å². The lowest BCUT2D eigenvalue weighted by molar-refractivity contribution is -0.143. The molecule has 1 saturated heterocycles. The predicted molar refractivity (Wildman–Crippen MR) is 85.6 cm³/mol. The van der Waals surface area contributed by atoms with E-state index in [-0.39, 0.29) is 12.6 Å². The Bertz CT molecular complexity index is 568. The summed E-state index contributed by atoms with van der Waals surface area (Å²) in [5.74, 6) is 0.210. The van der Waals surface area contributed by atoms with Gasteiger partial charge in [-0.1, -0.05) is 0 Å². The summed E-state index contributed by atoms with van der Waals surface area (Å²) in [4.78, 5) is 24.9. The van der Waals surface area contributed by atoms with E-state index in [4.69, 9.17) is 9.84 Å². The first kappa shape index (κ1) is 15.6. The molecule has 2 aliphatic rings. The van der Waals surface area contributed by atoms with Crippen LogP contribution in [-0.4, -0.2) is 41.7 Å². The Hall–Kier alpha value is -2.24. The number of benzene rings is 1.